The van der Waals surface area contributed by atoms with Crippen molar-refractivity contribution in [2.24, 2.45) is 0 Å². The van der Waals surface area contributed by atoms with E-state index in [0.29, 0.717) is 23.7 Å². The molecular weight excluding hydrogens is 436 g/mol. The first-order valence-electron chi connectivity index (χ1n) is 10.9. The number of fused-ring (bicyclic) bond motifs is 1. The smallest absolute Gasteiger partial charge is 0.256 e. The number of aromatic nitrogens is 2. The van der Waals surface area contributed by atoms with Gasteiger partial charge in [0.15, 0.2) is 5.16 Å². The van der Waals surface area contributed by atoms with E-state index < -0.39 is 0 Å². The van der Waals surface area contributed by atoms with E-state index in [4.69, 9.17) is 4.74 Å². The Kier molecular flexibility index (Phi) is 7.15. The minimum atomic E-state index is -0.128. The van der Waals surface area contributed by atoms with E-state index >= 15 is 0 Å². The second-order valence-corrected chi connectivity index (χ2v) is 9.22. The summed E-state index contributed by atoms with van der Waals surface area (Å²) in [5.41, 5.74) is 5.48. The molecule has 172 valence electrons. The molecule has 0 bridgehead atoms. The summed E-state index contributed by atoms with van der Waals surface area (Å²) in [6.07, 6.45) is 0.706. The van der Waals surface area contributed by atoms with Gasteiger partial charge in [-0.2, -0.15) is 0 Å². The summed E-state index contributed by atoms with van der Waals surface area (Å²) in [7, 11) is 1.65. The van der Waals surface area contributed by atoms with Gasteiger partial charge < -0.3 is 15.0 Å². The number of methoxy groups -OCH3 is 1. The maximum absolute atomic E-state index is 12.7. The third kappa shape index (κ3) is 5.83. The third-order valence-corrected chi connectivity index (χ3v) is 6.57. The standard InChI is InChI=1S/C25H28N4O3S/c1-16-4-5-17(2)22(12-16)26-23(30)15-33-25-27-21-10-11-29(14-20(21)24(31)28-25)13-18-6-8-19(32-3)9-7-18/h4-9,12H,10-11,13-15H2,1-3H3,(H,26,30)(H,27,28,31). The fourth-order valence-electron chi connectivity index (χ4n) is 3.84. The maximum Gasteiger partial charge on any atom is 0.256 e. The molecule has 8 heteroatoms. The van der Waals surface area contributed by atoms with E-state index in [9.17, 15) is 9.59 Å². The highest BCUT2D eigenvalue weighted by atomic mass is 32.2. The summed E-state index contributed by atoms with van der Waals surface area (Å²) >= 11 is 1.25. The first-order chi connectivity index (χ1) is 15.9. The van der Waals surface area contributed by atoms with E-state index in [0.717, 1.165) is 41.3 Å². The fourth-order valence-corrected chi connectivity index (χ4v) is 4.52. The fraction of sp³-hybridized carbons (Fsp3) is 0.320. The van der Waals surface area contributed by atoms with E-state index in [2.05, 4.69) is 20.2 Å². The predicted molar refractivity (Wildman–Crippen MR) is 131 cm³/mol. The largest absolute Gasteiger partial charge is 0.497 e. The number of ether oxygens (including phenoxy) is 1. The van der Waals surface area contributed by atoms with Crippen molar-refractivity contribution in [3.05, 3.63) is 80.8 Å². The number of benzene rings is 2. The molecule has 2 aromatic carbocycles. The van der Waals surface area contributed by atoms with Crippen LogP contribution in [0.25, 0.3) is 0 Å². The van der Waals surface area contributed by atoms with Gasteiger partial charge >= 0.3 is 0 Å². The molecule has 7 nitrogen and oxygen atoms in total. The molecule has 0 unspecified atom stereocenters. The average molecular weight is 465 g/mol. The molecule has 0 fully saturated rings. The number of aromatic amines is 1. The topological polar surface area (TPSA) is 87.3 Å². The van der Waals surface area contributed by atoms with Crippen LogP contribution in [0.5, 0.6) is 5.75 Å². The second kappa shape index (κ2) is 10.2. The van der Waals surface area contributed by atoms with Crippen LogP contribution in [0.1, 0.15) is 27.9 Å². The number of anilines is 1. The molecule has 1 aliphatic heterocycles. The lowest BCUT2D eigenvalue weighted by molar-refractivity contribution is -0.113. The summed E-state index contributed by atoms with van der Waals surface area (Å²) in [5.74, 6) is 0.884. The van der Waals surface area contributed by atoms with Crippen LogP contribution in [-0.4, -0.2) is 40.2 Å². The summed E-state index contributed by atoms with van der Waals surface area (Å²) in [6, 6.07) is 13.9. The zero-order valence-electron chi connectivity index (χ0n) is 19.1. The minimum absolute atomic E-state index is 0.125. The van der Waals surface area contributed by atoms with E-state index in [1.54, 1.807) is 7.11 Å². The molecule has 2 N–H and O–H groups in total. The van der Waals surface area contributed by atoms with Gasteiger partial charge in [-0.05, 0) is 48.7 Å². The van der Waals surface area contributed by atoms with Crippen molar-refractivity contribution in [3.63, 3.8) is 0 Å². The maximum atomic E-state index is 12.7. The van der Waals surface area contributed by atoms with Gasteiger partial charge in [-0.25, -0.2) is 4.98 Å². The molecule has 33 heavy (non-hydrogen) atoms. The summed E-state index contributed by atoms with van der Waals surface area (Å²) < 4.78 is 5.21. The Morgan fingerprint density at radius 2 is 2.00 bits per heavy atom. The van der Waals surface area contributed by atoms with E-state index in [1.807, 2.05) is 56.3 Å². The molecule has 1 amide bonds. The van der Waals surface area contributed by atoms with Crippen LogP contribution in [0.3, 0.4) is 0 Å². The Labute approximate surface area is 197 Å². The monoisotopic (exact) mass is 464 g/mol. The van der Waals surface area contributed by atoms with Gasteiger partial charge in [0.25, 0.3) is 5.56 Å². The van der Waals surface area contributed by atoms with E-state index in [-0.39, 0.29) is 17.2 Å². The van der Waals surface area contributed by atoms with Crippen molar-refractivity contribution in [2.45, 2.75) is 38.5 Å². The summed E-state index contributed by atoms with van der Waals surface area (Å²) in [6.45, 7) is 6.10. The van der Waals surface area contributed by atoms with Gasteiger partial charge in [0, 0.05) is 31.7 Å². The van der Waals surface area contributed by atoms with Gasteiger partial charge in [0.2, 0.25) is 5.91 Å². The zero-order chi connectivity index (χ0) is 23.4. The van der Waals surface area contributed by atoms with Crippen LogP contribution in [0.2, 0.25) is 0 Å². The number of H-pyrrole nitrogens is 1. The molecule has 1 aliphatic rings. The van der Waals surface area contributed by atoms with Crippen LogP contribution in [0.4, 0.5) is 5.69 Å². The highest BCUT2D eigenvalue weighted by Crippen LogP contribution is 2.21. The first kappa shape index (κ1) is 23.1. The predicted octanol–water partition coefficient (Wildman–Crippen LogP) is 3.68. The summed E-state index contributed by atoms with van der Waals surface area (Å²) in [4.78, 5) is 34.9. The van der Waals surface area contributed by atoms with Crippen molar-refractivity contribution < 1.29 is 9.53 Å². The normalized spacial score (nSPS) is 13.4. The number of nitrogens with one attached hydrogen (secondary N) is 2. The number of aryl methyl sites for hydroxylation is 2. The Morgan fingerprint density at radius 1 is 1.21 bits per heavy atom. The molecule has 1 aromatic heterocycles. The highest BCUT2D eigenvalue weighted by molar-refractivity contribution is 7.99. The Morgan fingerprint density at radius 3 is 2.76 bits per heavy atom. The van der Waals surface area contributed by atoms with Crippen LogP contribution in [0, 0.1) is 13.8 Å². The molecule has 0 spiro atoms. The molecule has 0 atom stereocenters. The molecule has 0 saturated heterocycles. The van der Waals surface area contributed by atoms with Crippen molar-refractivity contribution in [3.8, 4) is 5.75 Å². The van der Waals surface area contributed by atoms with Crippen molar-refractivity contribution in [1.82, 2.24) is 14.9 Å². The third-order valence-electron chi connectivity index (χ3n) is 5.70. The lowest BCUT2D eigenvalue weighted by Crippen LogP contribution is -2.35. The van der Waals surface area contributed by atoms with Crippen LogP contribution in [0.15, 0.2) is 52.4 Å². The number of rotatable bonds is 7. The lowest BCUT2D eigenvalue weighted by Gasteiger charge is -2.27. The molecule has 2 heterocycles. The van der Waals surface area contributed by atoms with Crippen LogP contribution < -0.4 is 15.6 Å². The van der Waals surface area contributed by atoms with Crippen LogP contribution >= 0.6 is 11.8 Å². The molecule has 0 aliphatic carbocycles. The van der Waals surface area contributed by atoms with Gasteiger partial charge in [0.05, 0.1) is 24.1 Å². The minimum Gasteiger partial charge on any atom is -0.497 e. The Balaban J connectivity index is 1.36. The number of carbonyl (C=O) groups excluding carboxylic acids is 1. The van der Waals surface area contributed by atoms with Crippen LogP contribution in [-0.2, 0) is 24.3 Å². The highest BCUT2D eigenvalue weighted by Gasteiger charge is 2.21. The van der Waals surface area contributed by atoms with Crippen molar-refractivity contribution in [2.75, 3.05) is 24.7 Å². The van der Waals surface area contributed by atoms with Crippen molar-refractivity contribution >= 4 is 23.4 Å². The number of amides is 1. The molecular formula is C25H28N4O3S. The summed E-state index contributed by atoms with van der Waals surface area (Å²) in [5, 5.41) is 3.42. The second-order valence-electron chi connectivity index (χ2n) is 8.26. The number of hydrogen-bond donors (Lipinski definition) is 2. The van der Waals surface area contributed by atoms with E-state index in [1.165, 1.54) is 17.3 Å². The SMILES string of the molecule is COc1ccc(CN2CCc3nc(SCC(=O)Nc4cc(C)ccc4C)[nH]c(=O)c3C2)cc1. The van der Waals surface area contributed by atoms with Crippen molar-refractivity contribution in [1.29, 1.82) is 0 Å². The number of nitrogens with zero attached hydrogens (tertiary/aromatic N) is 2. The van der Waals surface area contributed by atoms with Gasteiger partial charge in [-0.3, -0.25) is 14.5 Å². The first-order valence-corrected chi connectivity index (χ1v) is 11.9. The Bertz CT molecular complexity index is 1210. The quantitative estimate of drug-likeness (QED) is 0.410. The zero-order valence-corrected chi connectivity index (χ0v) is 19.9. The molecule has 0 saturated carbocycles. The Hall–Kier alpha value is -3.10. The van der Waals surface area contributed by atoms with Gasteiger partial charge in [-0.15, -0.1) is 0 Å². The average Bonchev–Trinajstić information content (AvgIpc) is 2.81. The number of hydrogen-bond acceptors (Lipinski definition) is 6. The molecule has 3 aromatic rings. The van der Waals surface area contributed by atoms with Gasteiger partial charge in [-0.1, -0.05) is 36.0 Å². The number of carbonyl (C=O) groups is 1. The molecule has 4 rings (SSSR count). The molecule has 0 radical (unpaired) electrons. The van der Waals surface area contributed by atoms with Gasteiger partial charge in [0.1, 0.15) is 5.75 Å². The lowest BCUT2D eigenvalue weighted by atomic mass is 10.1. The number of thioether (sulfide) groups is 1.